The lowest BCUT2D eigenvalue weighted by Crippen LogP contribution is -2.49. The van der Waals surface area contributed by atoms with E-state index in [0.717, 1.165) is 24.4 Å². The van der Waals surface area contributed by atoms with Crippen molar-refractivity contribution < 1.29 is 9.53 Å². The Balaban J connectivity index is 1.23. The number of carbonyl (C=O) groups excluding carboxylic acids is 1. The zero-order chi connectivity index (χ0) is 24.9. The van der Waals surface area contributed by atoms with Gasteiger partial charge in [0.2, 0.25) is 5.91 Å². The van der Waals surface area contributed by atoms with Crippen LogP contribution in [-0.2, 0) is 11.3 Å². The van der Waals surface area contributed by atoms with E-state index in [0.29, 0.717) is 54.1 Å². The van der Waals surface area contributed by atoms with Crippen LogP contribution in [0.2, 0.25) is 0 Å². The van der Waals surface area contributed by atoms with Gasteiger partial charge < -0.3 is 24.8 Å². The van der Waals surface area contributed by atoms with Crippen LogP contribution in [0.3, 0.4) is 0 Å². The number of piperazine rings is 1. The van der Waals surface area contributed by atoms with Crippen LogP contribution in [0.4, 0.5) is 11.5 Å². The summed E-state index contributed by atoms with van der Waals surface area (Å²) in [6, 6.07) is 18.2. The number of aromatic nitrogens is 4. The molecule has 0 saturated carbocycles. The maximum absolute atomic E-state index is 13.0. The number of amides is 1. The third-order valence-electron chi connectivity index (χ3n) is 6.27. The Labute approximate surface area is 214 Å². The topological polar surface area (TPSA) is 102 Å². The molecule has 0 radical (unpaired) electrons. The zero-order valence-electron chi connectivity index (χ0n) is 20.2. The summed E-state index contributed by atoms with van der Waals surface area (Å²) in [7, 11) is 0. The molecule has 2 aromatic carbocycles. The number of anilines is 2. The van der Waals surface area contributed by atoms with Crippen LogP contribution in [0, 0.1) is 6.92 Å². The fourth-order valence-corrected chi connectivity index (χ4v) is 5.21. The number of rotatable bonds is 8. The predicted molar refractivity (Wildman–Crippen MR) is 142 cm³/mol. The summed E-state index contributed by atoms with van der Waals surface area (Å²) in [5.41, 5.74) is 9.52. The average Bonchev–Trinajstić information content (AvgIpc) is 3.28. The minimum atomic E-state index is 0.0986. The van der Waals surface area contributed by atoms with Gasteiger partial charge in [-0.05, 0) is 30.7 Å². The number of imidazole rings is 1. The molecule has 0 unspecified atom stereocenters. The number of aryl methyl sites for hydroxylation is 1. The molecule has 10 heteroatoms. The molecule has 0 spiro atoms. The first kappa shape index (κ1) is 23.9. The van der Waals surface area contributed by atoms with Crippen molar-refractivity contribution in [2.45, 2.75) is 18.6 Å². The van der Waals surface area contributed by atoms with Crippen LogP contribution in [0.1, 0.15) is 5.56 Å². The van der Waals surface area contributed by atoms with E-state index in [1.807, 2.05) is 58.9 Å². The number of hydrogen-bond acceptors (Lipinski definition) is 8. The van der Waals surface area contributed by atoms with Gasteiger partial charge in [0.05, 0.1) is 12.3 Å². The smallest absolute Gasteiger partial charge is 0.233 e. The van der Waals surface area contributed by atoms with Gasteiger partial charge in [-0.3, -0.25) is 4.79 Å². The summed E-state index contributed by atoms with van der Waals surface area (Å²) in [5, 5.41) is 0.682. The maximum atomic E-state index is 13.0. The van der Waals surface area contributed by atoms with Gasteiger partial charge in [0.15, 0.2) is 22.1 Å². The number of nitrogen functional groups attached to an aromatic ring is 1. The SMILES string of the molecule is Cc1ccccc1OCCn1c(SCC(=O)N2CCN(c3ccccc3)CC2)nc2c(N)ncnc21. The summed E-state index contributed by atoms with van der Waals surface area (Å²) in [6.07, 6.45) is 1.43. The largest absolute Gasteiger partial charge is 0.491 e. The van der Waals surface area contributed by atoms with Crippen LogP contribution in [0.5, 0.6) is 5.75 Å². The van der Waals surface area contributed by atoms with E-state index in [1.54, 1.807) is 0 Å². The van der Waals surface area contributed by atoms with Crippen molar-refractivity contribution in [1.29, 1.82) is 0 Å². The van der Waals surface area contributed by atoms with Gasteiger partial charge in [-0.15, -0.1) is 0 Å². The van der Waals surface area contributed by atoms with E-state index in [-0.39, 0.29) is 5.91 Å². The molecule has 9 nitrogen and oxygen atoms in total. The Morgan fingerprint density at radius 2 is 1.78 bits per heavy atom. The molecule has 1 fully saturated rings. The fourth-order valence-electron chi connectivity index (χ4n) is 4.28. The number of benzene rings is 2. The third-order valence-corrected chi connectivity index (χ3v) is 7.23. The van der Waals surface area contributed by atoms with Gasteiger partial charge in [-0.25, -0.2) is 15.0 Å². The maximum Gasteiger partial charge on any atom is 0.233 e. The molecule has 186 valence electrons. The summed E-state index contributed by atoms with van der Waals surface area (Å²) in [5.74, 6) is 1.56. The second-order valence-electron chi connectivity index (χ2n) is 8.58. The summed E-state index contributed by atoms with van der Waals surface area (Å²) < 4.78 is 7.95. The van der Waals surface area contributed by atoms with E-state index in [9.17, 15) is 4.79 Å². The van der Waals surface area contributed by atoms with Gasteiger partial charge in [-0.2, -0.15) is 0 Å². The second kappa shape index (κ2) is 10.9. The quantitative estimate of drug-likeness (QED) is 0.366. The van der Waals surface area contributed by atoms with E-state index in [2.05, 4.69) is 32.0 Å². The van der Waals surface area contributed by atoms with E-state index in [4.69, 9.17) is 10.5 Å². The van der Waals surface area contributed by atoms with Gasteiger partial charge in [0.25, 0.3) is 0 Å². The van der Waals surface area contributed by atoms with Gasteiger partial charge in [0.1, 0.15) is 18.7 Å². The van der Waals surface area contributed by atoms with Crippen LogP contribution < -0.4 is 15.4 Å². The predicted octanol–water partition coefficient (Wildman–Crippen LogP) is 3.24. The van der Waals surface area contributed by atoms with E-state index < -0.39 is 0 Å². The number of thioether (sulfide) groups is 1. The molecule has 1 saturated heterocycles. The Kier molecular flexibility index (Phi) is 7.22. The number of para-hydroxylation sites is 2. The molecule has 2 aromatic heterocycles. The van der Waals surface area contributed by atoms with E-state index >= 15 is 0 Å². The second-order valence-corrected chi connectivity index (χ2v) is 9.53. The van der Waals surface area contributed by atoms with Gasteiger partial charge in [-0.1, -0.05) is 48.2 Å². The molecule has 0 bridgehead atoms. The van der Waals surface area contributed by atoms with Crippen LogP contribution >= 0.6 is 11.8 Å². The summed E-state index contributed by atoms with van der Waals surface area (Å²) in [4.78, 5) is 30.4. The Hall–Kier alpha value is -3.79. The first-order valence-corrected chi connectivity index (χ1v) is 12.9. The summed E-state index contributed by atoms with van der Waals surface area (Å²) in [6.45, 7) is 6.02. The van der Waals surface area contributed by atoms with E-state index in [1.165, 1.54) is 23.8 Å². The van der Waals surface area contributed by atoms with Crippen LogP contribution in [-0.4, -0.2) is 68.9 Å². The van der Waals surface area contributed by atoms with Gasteiger partial charge in [0, 0.05) is 31.9 Å². The van der Waals surface area contributed by atoms with Crippen molar-refractivity contribution in [1.82, 2.24) is 24.4 Å². The lowest BCUT2D eigenvalue weighted by molar-refractivity contribution is -0.128. The number of hydrogen-bond donors (Lipinski definition) is 1. The zero-order valence-corrected chi connectivity index (χ0v) is 21.0. The molecule has 0 atom stereocenters. The third kappa shape index (κ3) is 5.23. The number of fused-ring (bicyclic) bond motifs is 1. The molecule has 36 heavy (non-hydrogen) atoms. The molecule has 3 heterocycles. The average molecular weight is 504 g/mol. The Bertz CT molecular complexity index is 1340. The highest BCUT2D eigenvalue weighted by atomic mass is 32.2. The van der Waals surface area contributed by atoms with Crippen LogP contribution in [0.15, 0.2) is 66.1 Å². The van der Waals surface area contributed by atoms with Crippen molar-refractivity contribution in [3.8, 4) is 5.75 Å². The monoisotopic (exact) mass is 503 g/mol. The molecular formula is C26H29N7O2S. The highest BCUT2D eigenvalue weighted by molar-refractivity contribution is 7.99. The molecule has 1 aliphatic heterocycles. The minimum Gasteiger partial charge on any atom is -0.491 e. The lowest BCUT2D eigenvalue weighted by Gasteiger charge is -2.36. The molecule has 5 rings (SSSR count). The lowest BCUT2D eigenvalue weighted by atomic mass is 10.2. The normalized spacial score (nSPS) is 13.8. The van der Waals surface area contributed by atoms with Gasteiger partial charge >= 0.3 is 0 Å². The summed E-state index contributed by atoms with van der Waals surface area (Å²) >= 11 is 1.40. The molecule has 2 N–H and O–H groups in total. The highest BCUT2D eigenvalue weighted by Gasteiger charge is 2.23. The number of nitrogens with zero attached hydrogens (tertiary/aromatic N) is 6. The Morgan fingerprint density at radius 3 is 2.56 bits per heavy atom. The van der Waals surface area contributed by atoms with Crippen molar-refractivity contribution in [3.05, 3.63) is 66.5 Å². The highest BCUT2D eigenvalue weighted by Crippen LogP contribution is 2.26. The molecule has 4 aromatic rings. The first-order chi connectivity index (χ1) is 17.6. The molecular weight excluding hydrogens is 474 g/mol. The number of ether oxygens (including phenoxy) is 1. The number of nitrogens with two attached hydrogens (primary N) is 1. The van der Waals surface area contributed by atoms with Crippen molar-refractivity contribution in [2.75, 3.05) is 49.2 Å². The molecule has 1 aliphatic rings. The van der Waals surface area contributed by atoms with Crippen molar-refractivity contribution >= 4 is 40.3 Å². The molecule has 1 amide bonds. The fraction of sp³-hybridized carbons (Fsp3) is 0.308. The molecule has 0 aliphatic carbocycles. The minimum absolute atomic E-state index is 0.0986. The number of carbonyl (C=O) groups is 1. The Morgan fingerprint density at radius 1 is 1.03 bits per heavy atom. The first-order valence-electron chi connectivity index (χ1n) is 12.0. The van der Waals surface area contributed by atoms with Crippen LogP contribution in [0.25, 0.3) is 11.2 Å². The standard InChI is InChI=1S/C26H29N7O2S/c1-19-7-5-6-10-21(19)35-16-15-33-25-23(24(27)28-18-29-25)30-26(33)36-17-22(34)32-13-11-31(12-14-32)20-8-3-2-4-9-20/h2-10,18H,11-17H2,1H3,(H2,27,28,29). The van der Waals surface area contributed by atoms with Crippen molar-refractivity contribution in [2.24, 2.45) is 0 Å². The van der Waals surface area contributed by atoms with Crippen molar-refractivity contribution in [3.63, 3.8) is 0 Å².